The molecule has 0 aromatic heterocycles. The van der Waals surface area contributed by atoms with E-state index in [2.05, 4.69) is 63.2 Å². The molecule has 3 nitrogen and oxygen atoms in total. The fourth-order valence-corrected chi connectivity index (χ4v) is 2.41. The smallest absolute Gasteiger partial charge is 0.119 e. The van der Waals surface area contributed by atoms with Gasteiger partial charge in [0.25, 0.3) is 0 Å². The summed E-state index contributed by atoms with van der Waals surface area (Å²) in [4.78, 5) is 2.41. The molecule has 1 aromatic rings. The molecule has 120 valence electrons. The van der Waals surface area contributed by atoms with Crippen LogP contribution in [0.15, 0.2) is 24.3 Å². The van der Waals surface area contributed by atoms with Crippen molar-refractivity contribution in [1.82, 2.24) is 10.2 Å². The minimum Gasteiger partial charge on any atom is -0.497 e. The van der Waals surface area contributed by atoms with Gasteiger partial charge < -0.3 is 10.1 Å². The van der Waals surface area contributed by atoms with Gasteiger partial charge in [-0.25, -0.2) is 0 Å². The van der Waals surface area contributed by atoms with E-state index in [4.69, 9.17) is 4.74 Å². The third-order valence-electron chi connectivity index (χ3n) is 4.10. The second-order valence-electron chi connectivity index (χ2n) is 6.54. The topological polar surface area (TPSA) is 24.5 Å². The molecule has 3 heteroatoms. The molecule has 0 aliphatic carbocycles. The van der Waals surface area contributed by atoms with Crippen LogP contribution in [0.4, 0.5) is 0 Å². The van der Waals surface area contributed by atoms with Crippen molar-refractivity contribution in [3.63, 3.8) is 0 Å². The van der Waals surface area contributed by atoms with Gasteiger partial charge in [-0.3, -0.25) is 4.90 Å². The molecule has 1 rings (SSSR count). The Labute approximate surface area is 130 Å². The maximum Gasteiger partial charge on any atom is 0.119 e. The molecule has 0 heterocycles. The predicted molar refractivity (Wildman–Crippen MR) is 90.8 cm³/mol. The van der Waals surface area contributed by atoms with Crippen molar-refractivity contribution in [2.24, 2.45) is 11.8 Å². The molecule has 1 aromatic carbocycles. The van der Waals surface area contributed by atoms with Crippen molar-refractivity contribution in [2.45, 2.75) is 40.3 Å². The SMILES string of the molecule is COc1cccc(CN(C)C(C)C(C)CNCC(C)C)c1. The first-order valence-electron chi connectivity index (χ1n) is 7.98. The summed E-state index contributed by atoms with van der Waals surface area (Å²) in [6.45, 7) is 12.2. The number of hydrogen-bond acceptors (Lipinski definition) is 3. The number of nitrogens with zero attached hydrogens (tertiary/aromatic N) is 1. The van der Waals surface area contributed by atoms with E-state index < -0.39 is 0 Å². The molecule has 0 aliphatic rings. The first kappa shape index (κ1) is 18.0. The van der Waals surface area contributed by atoms with Gasteiger partial charge in [-0.05, 0) is 56.6 Å². The molecular formula is C18H32N2O. The normalized spacial score (nSPS) is 14.5. The lowest BCUT2D eigenvalue weighted by Gasteiger charge is -2.30. The van der Waals surface area contributed by atoms with Crippen LogP contribution < -0.4 is 10.1 Å². The molecule has 0 saturated carbocycles. The molecule has 21 heavy (non-hydrogen) atoms. The highest BCUT2D eigenvalue weighted by atomic mass is 16.5. The zero-order valence-corrected chi connectivity index (χ0v) is 14.5. The Balaban J connectivity index is 2.47. The van der Waals surface area contributed by atoms with Crippen LogP contribution in [0, 0.1) is 11.8 Å². The third-order valence-corrected chi connectivity index (χ3v) is 4.10. The van der Waals surface area contributed by atoms with E-state index in [-0.39, 0.29) is 0 Å². The van der Waals surface area contributed by atoms with E-state index in [9.17, 15) is 0 Å². The van der Waals surface area contributed by atoms with Crippen LogP contribution in [0.2, 0.25) is 0 Å². The summed E-state index contributed by atoms with van der Waals surface area (Å²) in [5.74, 6) is 2.27. The first-order chi connectivity index (χ1) is 9.93. The molecule has 0 aliphatic heterocycles. The molecule has 0 fully saturated rings. The van der Waals surface area contributed by atoms with Gasteiger partial charge >= 0.3 is 0 Å². The van der Waals surface area contributed by atoms with E-state index in [0.717, 1.165) is 25.4 Å². The zero-order valence-electron chi connectivity index (χ0n) is 14.5. The lowest BCUT2D eigenvalue weighted by molar-refractivity contribution is 0.188. The highest BCUT2D eigenvalue weighted by Gasteiger charge is 2.17. The maximum atomic E-state index is 5.29. The van der Waals surface area contributed by atoms with Crippen LogP contribution in [-0.2, 0) is 6.54 Å². The van der Waals surface area contributed by atoms with Crippen molar-refractivity contribution in [3.8, 4) is 5.75 Å². The van der Waals surface area contributed by atoms with Crippen molar-refractivity contribution >= 4 is 0 Å². The fourth-order valence-electron chi connectivity index (χ4n) is 2.41. The van der Waals surface area contributed by atoms with E-state index in [1.807, 2.05) is 6.07 Å². The van der Waals surface area contributed by atoms with E-state index in [1.165, 1.54) is 5.56 Å². The number of ether oxygens (including phenoxy) is 1. The van der Waals surface area contributed by atoms with Crippen LogP contribution >= 0.6 is 0 Å². The van der Waals surface area contributed by atoms with Crippen LogP contribution in [0.5, 0.6) is 5.75 Å². The van der Waals surface area contributed by atoms with Crippen LogP contribution in [0.1, 0.15) is 33.3 Å². The minimum absolute atomic E-state index is 0.538. The predicted octanol–water partition coefficient (Wildman–Crippen LogP) is 3.40. The van der Waals surface area contributed by atoms with Gasteiger partial charge in [0.1, 0.15) is 5.75 Å². The minimum atomic E-state index is 0.538. The summed E-state index contributed by atoms with van der Waals surface area (Å²) in [6.07, 6.45) is 0. The van der Waals surface area contributed by atoms with Crippen molar-refractivity contribution in [1.29, 1.82) is 0 Å². The zero-order chi connectivity index (χ0) is 15.8. The average molecular weight is 292 g/mol. The first-order valence-corrected chi connectivity index (χ1v) is 7.98. The molecule has 1 N–H and O–H groups in total. The van der Waals surface area contributed by atoms with Crippen LogP contribution in [-0.4, -0.2) is 38.2 Å². The van der Waals surface area contributed by atoms with Gasteiger partial charge in [0.05, 0.1) is 7.11 Å². The fraction of sp³-hybridized carbons (Fsp3) is 0.667. The summed E-state index contributed by atoms with van der Waals surface area (Å²) >= 11 is 0. The molecule has 0 spiro atoms. The Morgan fingerprint density at radius 3 is 2.48 bits per heavy atom. The summed E-state index contributed by atoms with van der Waals surface area (Å²) in [5, 5.41) is 3.56. The summed E-state index contributed by atoms with van der Waals surface area (Å²) in [6, 6.07) is 8.86. The lowest BCUT2D eigenvalue weighted by Crippen LogP contribution is -2.39. The van der Waals surface area contributed by atoms with Crippen LogP contribution in [0.3, 0.4) is 0 Å². The highest BCUT2D eigenvalue weighted by molar-refractivity contribution is 5.28. The van der Waals surface area contributed by atoms with E-state index in [0.29, 0.717) is 17.9 Å². The monoisotopic (exact) mass is 292 g/mol. The Hall–Kier alpha value is -1.06. The molecule has 2 unspecified atom stereocenters. The number of benzene rings is 1. The Kier molecular flexibility index (Phi) is 7.76. The lowest BCUT2D eigenvalue weighted by atomic mass is 10.0. The second-order valence-corrected chi connectivity index (χ2v) is 6.54. The second kappa shape index (κ2) is 9.06. The van der Waals surface area contributed by atoms with E-state index in [1.54, 1.807) is 7.11 Å². The molecule has 0 bridgehead atoms. The highest BCUT2D eigenvalue weighted by Crippen LogP contribution is 2.16. The molecule has 0 amide bonds. The molecule has 0 saturated heterocycles. The Morgan fingerprint density at radius 2 is 1.86 bits per heavy atom. The van der Waals surface area contributed by atoms with Crippen molar-refractivity contribution < 1.29 is 4.74 Å². The summed E-state index contributed by atoms with van der Waals surface area (Å²) in [5.41, 5.74) is 1.30. The van der Waals surface area contributed by atoms with Crippen LogP contribution in [0.25, 0.3) is 0 Å². The molecule has 0 radical (unpaired) electrons. The standard InChI is InChI=1S/C18H32N2O/c1-14(2)11-19-12-15(3)16(4)20(5)13-17-8-7-9-18(10-17)21-6/h7-10,14-16,19H,11-13H2,1-6H3. The number of methoxy groups -OCH3 is 1. The Morgan fingerprint density at radius 1 is 1.14 bits per heavy atom. The average Bonchev–Trinajstić information content (AvgIpc) is 2.46. The number of hydrogen-bond donors (Lipinski definition) is 1. The quantitative estimate of drug-likeness (QED) is 0.755. The van der Waals surface area contributed by atoms with Crippen molar-refractivity contribution in [3.05, 3.63) is 29.8 Å². The summed E-state index contributed by atoms with van der Waals surface area (Å²) < 4.78 is 5.29. The Bertz CT molecular complexity index is 406. The van der Waals surface area contributed by atoms with E-state index >= 15 is 0 Å². The molecule has 2 atom stereocenters. The van der Waals surface area contributed by atoms with Gasteiger partial charge in [0.15, 0.2) is 0 Å². The van der Waals surface area contributed by atoms with Gasteiger partial charge in [-0.1, -0.05) is 32.9 Å². The maximum absolute atomic E-state index is 5.29. The largest absolute Gasteiger partial charge is 0.497 e. The van der Waals surface area contributed by atoms with Gasteiger partial charge in [0.2, 0.25) is 0 Å². The van der Waals surface area contributed by atoms with Crippen molar-refractivity contribution in [2.75, 3.05) is 27.2 Å². The third kappa shape index (κ3) is 6.49. The number of rotatable bonds is 9. The van der Waals surface area contributed by atoms with Gasteiger partial charge in [-0.15, -0.1) is 0 Å². The van der Waals surface area contributed by atoms with Gasteiger partial charge in [0, 0.05) is 12.6 Å². The number of nitrogens with one attached hydrogen (secondary N) is 1. The molecular weight excluding hydrogens is 260 g/mol. The van der Waals surface area contributed by atoms with Gasteiger partial charge in [-0.2, -0.15) is 0 Å². The summed E-state index contributed by atoms with van der Waals surface area (Å²) in [7, 11) is 3.91.